The Labute approximate surface area is 148 Å². The minimum Gasteiger partial charge on any atom is -0.370 e. The van der Waals surface area contributed by atoms with E-state index in [-0.39, 0.29) is 24.0 Å². The molecule has 0 bridgehead atoms. The number of nitrogens with one attached hydrogen (secondary N) is 1. The summed E-state index contributed by atoms with van der Waals surface area (Å²) >= 11 is 0. The van der Waals surface area contributed by atoms with E-state index in [1.165, 1.54) is 5.52 Å². The molecule has 3 N–H and O–H groups in total. The molecular weight excluding hydrogens is 389 g/mol. The standard InChI is InChI=1S/C16H23N5.HI/c1-12(2)11-19-16(17)18-9-6-10-21-13(3)20-14-7-4-5-8-15(14)21;/h4-5,7-8H,1,6,9-11H2,2-3H3,(H3,17,18,19);1H. The van der Waals surface area contributed by atoms with Crippen molar-refractivity contribution < 1.29 is 0 Å². The number of rotatable bonds is 6. The maximum absolute atomic E-state index is 5.78. The zero-order valence-electron chi connectivity index (χ0n) is 13.2. The predicted octanol–water partition coefficient (Wildman–Crippen LogP) is 2.83. The first-order valence-corrected chi connectivity index (χ1v) is 7.18. The third-order valence-electron chi connectivity index (χ3n) is 3.23. The average Bonchev–Trinajstić information content (AvgIpc) is 2.77. The smallest absolute Gasteiger partial charge is 0.188 e. The van der Waals surface area contributed by atoms with E-state index in [0.717, 1.165) is 36.4 Å². The van der Waals surface area contributed by atoms with Crippen molar-refractivity contribution in [2.45, 2.75) is 26.8 Å². The van der Waals surface area contributed by atoms with Crippen LogP contribution in [0.25, 0.3) is 11.0 Å². The average molecular weight is 413 g/mol. The monoisotopic (exact) mass is 413 g/mol. The summed E-state index contributed by atoms with van der Waals surface area (Å²) in [6.07, 6.45) is 0.963. The molecule has 0 atom stereocenters. The molecule has 0 aliphatic rings. The highest BCUT2D eigenvalue weighted by Crippen LogP contribution is 2.15. The molecule has 6 heteroatoms. The molecule has 5 nitrogen and oxygen atoms in total. The molecule has 22 heavy (non-hydrogen) atoms. The van der Waals surface area contributed by atoms with Gasteiger partial charge in [0.25, 0.3) is 0 Å². The van der Waals surface area contributed by atoms with E-state index in [4.69, 9.17) is 5.73 Å². The number of hydrogen-bond acceptors (Lipinski definition) is 2. The SMILES string of the molecule is C=C(C)CN=C(N)NCCCn1c(C)nc2ccccc21.I. The first kappa shape index (κ1) is 18.5. The van der Waals surface area contributed by atoms with Gasteiger partial charge in [-0.2, -0.15) is 0 Å². The normalized spacial score (nSPS) is 11.3. The molecule has 0 saturated heterocycles. The van der Waals surface area contributed by atoms with E-state index in [1.54, 1.807) is 0 Å². The second-order valence-electron chi connectivity index (χ2n) is 5.24. The number of benzene rings is 1. The number of nitrogens with two attached hydrogens (primary N) is 1. The van der Waals surface area contributed by atoms with Crippen molar-refractivity contribution in [3.63, 3.8) is 0 Å². The number of aliphatic imine (C=N–C) groups is 1. The van der Waals surface area contributed by atoms with Gasteiger partial charge in [0, 0.05) is 13.1 Å². The van der Waals surface area contributed by atoms with Crippen LogP contribution >= 0.6 is 24.0 Å². The summed E-state index contributed by atoms with van der Waals surface area (Å²) in [5.41, 5.74) is 9.01. The molecule has 0 amide bonds. The van der Waals surface area contributed by atoms with Gasteiger partial charge in [-0.1, -0.05) is 24.3 Å². The van der Waals surface area contributed by atoms with Crippen LogP contribution in [0.3, 0.4) is 0 Å². The van der Waals surface area contributed by atoms with E-state index in [2.05, 4.69) is 32.5 Å². The van der Waals surface area contributed by atoms with E-state index in [1.807, 2.05) is 32.0 Å². The predicted molar refractivity (Wildman–Crippen MR) is 104 cm³/mol. The summed E-state index contributed by atoms with van der Waals surface area (Å²) in [7, 11) is 0. The summed E-state index contributed by atoms with van der Waals surface area (Å²) in [6, 6.07) is 8.20. The fraction of sp³-hybridized carbons (Fsp3) is 0.375. The molecule has 2 rings (SSSR count). The summed E-state index contributed by atoms with van der Waals surface area (Å²) < 4.78 is 2.23. The van der Waals surface area contributed by atoms with Crippen LogP contribution in [0.5, 0.6) is 0 Å². The zero-order chi connectivity index (χ0) is 15.2. The molecule has 0 saturated carbocycles. The first-order valence-electron chi connectivity index (χ1n) is 7.18. The van der Waals surface area contributed by atoms with Crippen molar-refractivity contribution in [2.24, 2.45) is 10.7 Å². The van der Waals surface area contributed by atoms with Gasteiger partial charge in [-0.15, -0.1) is 24.0 Å². The number of fused-ring (bicyclic) bond motifs is 1. The zero-order valence-corrected chi connectivity index (χ0v) is 15.5. The summed E-state index contributed by atoms with van der Waals surface area (Å²) in [5, 5.41) is 3.12. The lowest BCUT2D eigenvalue weighted by Gasteiger charge is -2.08. The molecule has 0 aliphatic heterocycles. The molecule has 0 aliphatic carbocycles. The molecule has 0 unspecified atom stereocenters. The highest BCUT2D eigenvalue weighted by atomic mass is 127. The van der Waals surface area contributed by atoms with Crippen molar-refractivity contribution >= 4 is 41.0 Å². The van der Waals surface area contributed by atoms with Crippen LogP contribution in [0.1, 0.15) is 19.2 Å². The van der Waals surface area contributed by atoms with Gasteiger partial charge < -0.3 is 15.6 Å². The first-order chi connectivity index (χ1) is 10.1. The minimum atomic E-state index is 0. The number of para-hydroxylation sites is 2. The van der Waals surface area contributed by atoms with Gasteiger partial charge in [0.1, 0.15) is 5.82 Å². The third kappa shape index (κ3) is 5.01. The van der Waals surface area contributed by atoms with E-state index in [0.29, 0.717) is 12.5 Å². The van der Waals surface area contributed by atoms with E-state index >= 15 is 0 Å². The van der Waals surface area contributed by atoms with Crippen LogP contribution in [0.15, 0.2) is 41.4 Å². The molecule has 0 fully saturated rings. The Morgan fingerprint density at radius 1 is 1.41 bits per heavy atom. The fourth-order valence-electron chi connectivity index (χ4n) is 2.21. The van der Waals surface area contributed by atoms with Crippen LogP contribution in [0.2, 0.25) is 0 Å². The van der Waals surface area contributed by atoms with Crippen LogP contribution in [0, 0.1) is 6.92 Å². The van der Waals surface area contributed by atoms with Crippen molar-refractivity contribution in [1.82, 2.24) is 14.9 Å². The Morgan fingerprint density at radius 2 is 2.14 bits per heavy atom. The summed E-state index contributed by atoms with van der Waals surface area (Å²) in [4.78, 5) is 8.75. The van der Waals surface area contributed by atoms with Crippen LogP contribution in [-0.2, 0) is 6.54 Å². The van der Waals surface area contributed by atoms with Crippen LogP contribution in [-0.4, -0.2) is 28.6 Å². The number of hydrogen-bond donors (Lipinski definition) is 2. The van der Waals surface area contributed by atoms with Gasteiger partial charge in [0.2, 0.25) is 0 Å². The summed E-state index contributed by atoms with van der Waals surface area (Å²) in [5.74, 6) is 1.52. The van der Waals surface area contributed by atoms with Gasteiger partial charge in [-0.05, 0) is 32.4 Å². The number of imidazole rings is 1. The van der Waals surface area contributed by atoms with Crippen molar-refractivity contribution in [1.29, 1.82) is 0 Å². The van der Waals surface area contributed by atoms with Crippen molar-refractivity contribution in [3.8, 4) is 0 Å². The molecule has 1 heterocycles. The highest BCUT2D eigenvalue weighted by Gasteiger charge is 2.05. The van der Waals surface area contributed by atoms with Crippen molar-refractivity contribution in [3.05, 3.63) is 42.2 Å². The second-order valence-corrected chi connectivity index (χ2v) is 5.24. The number of halogens is 1. The number of aromatic nitrogens is 2. The van der Waals surface area contributed by atoms with Crippen LogP contribution < -0.4 is 11.1 Å². The fourth-order valence-corrected chi connectivity index (χ4v) is 2.21. The lowest BCUT2D eigenvalue weighted by Crippen LogP contribution is -2.33. The van der Waals surface area contributed by atoms with Gasteiger partial charge in [-0.25, -0.2) is 9.98 Å². The largest absolute Gasteiger partial charge is 0.370 e. The van der Waals surface area contributed by atoms with Gasteiger partial charge in [0.15, 0.2) is 5.96 Å². The molecule has 0 spiro atoms. The number of aryl methyl sites for hydroxylation is 2. The maximum Gasteiger partial charge on any atom is 0.188 e. The third-order valence-corrected chi connectivity index (χ3v) is 3.23. The van der Waals surface area contributed by atoms with Crippen LogP contribution in [0.4, 0.5) is 0 Å². The summed E-state index contributed by atoms with van der Waals surface area (Å²) in [6.45, 7) is 10.0. The number of guanidine groups is 1. The molecule has 120 valence electrons. The minimum absolute atomic E-state index is 0. The molecular formula is C16H24IN5. The van der Waals surface area contributed by atoms with E-state index < -0.39 is 0 Å². The Morgan fingerprint density at radius 3 is 2.86 bits per heavy atom. The topological polar surface area (TPSA) is 68.2 Å². The Balaban J connectivity index is 0.00000242. The van der Waals surface area contributed by atoms with Crippen molar-refractivity contribution in [2.75, 3.05) is 13.1 Å². The Hall–Kier alpha value is -1.57. The maximum atomic E-state index is 5.78. The lowest BCUT2D eigenvalue weighted by atomic mass is 10.3. The second kappa shape index (κ2) is 8.77. The van der Waals surface area contributed by atoms with E-state index in [9.17, 15) is 0 Å². The Bertz CT molecular complexity index is 660. The Kier molecular flexibility index (Phi) is 7.37. The number of nitrogens with zero attached hydrogens (tertiary/aromatic N) is 3. The quantitative estimate of drug-likeness (QED) is 0.252. The van der Waals surface area contributed by atoms with Gasteiger partial charge in [0.05, 0.1) is 17.6 Å². The lowest BCUT2D eigenvalue weighted by molar-refractivity contribution is 0.628. The molecule has 0 radical (unpaired) electrons. The highest BCUT2D eigenvalue weighted by molar-refractivity contribution is 14.0. The molecule has 2 aromatic rings. The van der Waals surface area contributed by atoms with Gasteiger partial charge >= 0.3 is 0 Å². The molecule has 1 aromatic carbocycles. The van der Waals surface area contributed by atoms with Gasteiger partial charge in [-0.3, -0.25) is 0 Å². The molecule has 1 aromatic heterocycles.